The van der Waals surface area contributed by atoms with Gasteiger partial charge < -0.3 is 9.55 Å². The highest BCUT2D eigenvalue weighted by Crippen LogP contribution is 2.52. The molecule has 0 spiro atoms. The molecule has 4 nitrogen and oxygen atoms in total. The molecule has 1 aliphatic rings. The molecule has 1 fully saturated rings. The van der Waals surface area contributed by atoms with Crippen LogP contribution in [0.4, 0.5) is 0 Å². The van der Waals surface area contributed by atoms with Crippen molar-refractivity contribution in [3.05, 3.63) is 23.0 Å². The number of hydrogen-bond acceptors (Lipinski definition) is 3. The summed E-state index contributed by atoms with van der Waals surface area (Å²) >= 11 is 5.37. The molecule has 1 N–H and O–H groups in total. The second-order valence-corrected chi connectivity index (χ2v) is 8.72. The fourth-order valence-electron chi connectivity index (χ4n) is 2.75. The number of aromatic amines is 1. The van der Waals surface area contributed by atoms with Gasteiger partial charge in [0.25, 0.3) is 0 Å². The zero-order valence-corrected chi connectivity index (χ0v) is 13.4. The van der Waals surface area contributed by atoms with Crippen LogP contribution in [0.15, 0.2) is 23.1 Å². The minimum atomic E-state index is -3.26. The Balaban J connectivity index is 2.16. The first-order chi connectivity index (χ1) is 9.20. The van der Waals surface area contributed by atoms with Crippen molar-refractivity contribution < 1.29 is 8.42 Å². The number of aromatic nitrogens is 2. The molecule has 0 amide bonds. The summed E-state index contributed by atoms with van der Waals surface area (Å²) in [5, 5.41) is 0. The van der Waals surface area contributed by atoms with Crippen molar-refractivity contribution in [2.45, 2.75) is 31.7 Å². The van der Waals surface area contributed by atoms with Gasteiger partial charge in [-0.1, -0.05) is 19.9 Å². The van der Waals surface area contributed by atoms with Crippen LogP contribution in [-0.2, 0) is 16.4 Å². The van der Waals surface area contributed by atoms with E-state index in [1.54, 1.807) is 12.1 Å². The fourth-order valence-corrected chi connectivity index (χ4v) is 3.88. The second-order valence-electron chi connectivity index (χ2n) is 6.35. The van der Waals surface area contributed by atoms with E-state index in [0.29, 0.717) is 26.5 Å². The van der Waals surface area contributed by atoms with E-state index >= 15 is 0 Å². The Morgan fingerprint density at radius 3 is 2.65 bits per heavy atom. The molecule has 1 atom stereocenters. The van der Waals surface area contributed by atoms with Crippen LogP contribution >= 0.6 is 12.2 Å². The Labute approximate surface area is 123 Å². The summed E-state index contributed by atoms with van der Waals surface area (Å²) in [5.41, 5.74) is 1.87. The average Bonchev–Trinajstić information content (AvgIpc) is 2.78. The molecule has 0 saturated heterocycles. The highest BCUT2D eigenvalue weighted by atomic mass is 32.2. The van der Waals surface area contributed by atoms with Gasteiger partial charge in [0.05, 0.1) is 15.9 Å². The first-order valence-corrected chi connectivity index (χ1v) is 8.92. The minimum absolute atomic E-state index is 0.315. The van der Waals surface area contributed by atoms with Crippen molar-refractivity contribution >= 4 is 33.1 Å². The van der Waals surface area contributed by atoms with Crippen LogP contribution in [0.1, 0.15) is 20.3 Å². The fraction of sp³-hybridized carbons (Fsp3) is 0.500. The first kappa shape index (κ1) is 13.8. The van der Waals surface area contributed by atoms with Gasteiger partial charge in [-0.2, -0.15) is 0 Å². The summed E-state index contributed by atoms with van der Waals surface area (Å²) in [6.45, 7) is 5.34. The standard InChI is InChI=1S/C14H18N2O2S2/c1-14(2)7-9(14)8-16-10-5-4-6-11(20(3,17)18)12(10)15-13(16)19/h4-6,9H,7-8H2,1-3H3,(H,15,19). The van der Waals surface area contributed by atoms with Gasteiger partial charge in [-0.25, -0.2) is 8.42 Å². The molecule has 0 bridgehead atoms. The number of hydrogen-bond donors (Lipinski definition) is 1. The van der Waals surface area contributed by atoms with E-state index in [1.807, 2.05) is 10.6 Å². The molecule has 1 saturated carbocycles. The lowest BCUT2D eigenvalue weighted by Gasteiger charge is -2.07. The van der Waals surface area contributed by atoms with Crippen LogP contribution < -0.4 is 0 Å². The number of sulfone groups is 1. The largest absolute Gasteiger partial charge is 0.329 e. The van der Waals surface area contributed by atoms with Crippen LogP contribution in [0.25, 0.3) is 11.0 Å². The van der Waals surface area contributed by atoms with Gasteiger partial charge in [0.15, 0.2) is 14.6 Å². The molecule has 1 unspecified atom stereocenters. The third kappa shape index (κ3) is 2.20. The van der Waals surface area contributed by atoms with Crippen LogP contribution in [0.3, 0.4) is 0 Å². The highest BCUT2D eigenvalue weighted by Gasteiger charge is 2.45. The summed E-state index contributed by atoms with van der Waals surface area (Å²) < 4.78 is 26.3. The molecule has 108 valence electrons. The highest BCUT2D eigenvalue weighted by molar-refractivity contribution is 7.91. The van der Waals surface area contributed by atoms with Crippen LogP contribution in [0, 0.1) is 16.1 Å². The Hall–Kier alpha value is -1.14. The lowest BCUT2D eigenvalue weighted by atomic mass is 10.1. The lowest BCUT2D eigenvalue weighted by Crippen LogP contribution is -2.04. The molecule has 20 heavy (non-hydrogen) atoms. The summed E-state index contributed by atoms with van der Waals surface area (Å²) in [4.78, 5) is 3.38. The van der Waals surface area contributed by atoms with Crippen molar-refractivity contribution in [2.24, 2.45) is 11.3 Å². The molecule has 2 aromatic rings. The quantitative estimate of drug-likeness (QED) is 0.886. The maximum Gasteiger partial charge on any atom is 0.178 e. The Bertz CT molecular complexity index is 844. The van der Waals surface area contributed by atoms with E-state index in [2.05, 4.69) is 18.8 Å². The molecule has 6 heteroatoms. The number of para-hydroxylation sites is 1. The third-order valence-electron chi connectivity index (χ3n) is 4.29. The lowest BCUT2D eigenvalue weighted by molar-refractivity contribution is 0.502. The molecule has 1 aromatic heterocycles. The predicted molar refractivity (Wildman–Crippen MR) is 82.1 cm³/mol. The second kappa shape index (κ2) is 4.18. The molecule has 1 heterocycles. The molecule has 3 rings (SSSR count). The number of fused-ring (bicyclic) bond motifs is 1. The summed E-state index contributed by atoms with van der Waals surface area (Å²) in [7, 11) is -3.26. The maximum absolute atomic E-state index is 11.8. The maximum atomic E-state index is 11.8. The zero-order valence-electron chi connectivity index (χ0n) is 11.8. The first-order valence-electron chi connectivity index (χ1n) is 6.62. The average molecular weight is 310 g/mol. The van der Waals surface area contributed by atoms with Crippen molar-refractivity contribution in [1.82, 2.24) is 9.55 Å². The van der Waals surface area contributed by atoms with Gasteiger partial charge in [-0.05, 0) is 42.1 Å². The SMILES string of the molecule is CC1(C)CC1Cn1c(=S)[nH]c2c(S(C)(=O)=O)cccc21. The van der Waals surface area contributed by atoms with E-state index in [4.69, 9.17) is 12.2 Å². The number of benzene rings is 1. The summed E-state index contributed by atoms with van der Waals surface area (Å²) in [5.74, 6) is 0.607. The predicted octanol–water partition coefficient (Wildman–Crippen LogP) is 3.15. The van der Waals surface area contributed by atoms with Gasteiger partial charge in [-0.3, -0.25) is 0 Å². The van der Waals surface area contributed by atoms with Gasteiger partial charge in [0.2, 0.25) is 0 Å². The van der Waals surface area contributed by atoms with E-state index in [-0.39, 0.29) is 0 Å². The van der Waals surface area contributed by atoms with E-state index in [0.717, 1.165) is 12.1 Å². The normalized spacial score (nSPS) is 21.2. The van der Waals surface area contributed by atoms with Gasteiger partial charge in [0.1, 0.15) is 0 Å². The van der Waals surface area contributed by atoms with Crippen molar-refractivity contribution in [1.29, 1.82) is 0 Å². The number of rotatable bonds is 3. The topological polar surface area (TPSA) is 54.9 Å². The van der Waals surface area contributed by atoms with Crippen molar-refractivity contribution in [3.63, 3.8) is 0 Å². The molecular weight excluding hydrogens is 292 g/mol. The number of nitrogens with zero attached hydrogens (tertiary/aromatic N) is 1. The van der Waals surface area contributed by atoms with E-state index < -0.39 is 9.84 Å². The number of nitrogens with one attached hydrogen (secondary N) is 1. The summed E-state index contributed by atoms with van der Waals surface area (Å²) in [6.07, 6.45) is 2.41. The van der Waals surface area contributed by atoms with E-state index in [9.17, 15) is 8.42 Å². The Kier molecular flexibility index (Phi) is 2.89. The zero-order chi connectivity index (χ0) is 14.7. The third-order valence-corrected chi connectivity index (χ3v) is 5.75. The van der Waals surface area contributed by atoms with Gasteiger partial charge in [0, 0.05) is 12.8 Å². The van der Waals surface area contributed by atoms with E-state index in [1.165, 1.54) is 12.7 Å². The number of H-pyrrole nitrogens is 1. The van der Waals surface area contributed by atoms with Crippen LogP contribution in [0.2, 0.25) is 0 Å². The van der Waals surface area contributed by atoms with Crippen LogP contribution in [0.5, 0.6) is 0 Å². The van der Waals surface area contributed by atoms with Gasteiger partial charge in [-0.15, -0.1) is 0 Å². The van der Waals surface area contributed by atoms with Crippen molar-refractivity contribution in [2.75, 3.05) is 6.26 Å². The molecular formula is C14H18N2O2S2. The molecule has 1 aromatic carbocycles. The molecule has 0 radical (unpaired) electrons. The van der Waals surface area contributed by atoms with Crippen molar-refractivity contribution in [3.8, 4) is 0 Å². The monoisotopic (exact) mass is 310 g/mol. The Morgan fingerprint density at radius 2 is 2.10 bits per heavy atom. The minimum Gasteiger partial charge on any atom is -0.329 e. The summed E-state index contributed by atoms with van der Waals surface area (Å²) in [6, 6.07) is 5.32. The number of imidazole rings is 1. The smallest absolute Gasteiger partial charge is 0.178 e. The van der Waals surface area contributed by atoms with Gasteiger partial charge >= 0.3 is 0 Å². The molecule has 0 aliphatic heterocycles. The Morgan fingerprint density at radius 1 is 1.45 bits per heavy atom. The van der Waals surface area contributed by atoms with Crippen LogP contribution in [-0.4, -0.2) is 24.2 Å². The molecule has 1 aliphatic carbocycles.